The Bertz CT molecular complexity index is 1040. The third kappa shape index (κ3) is 4.21. The van der Waals surface area contributed by atoms with E-state index in [-0.39, 0.29) is 6.61 Å². The Labute approximate surface area is 170 Å². The van der Waals surface area contributed by atoms with Crippen LogP contribution in [0.3, 0.4) is 0 Å². The van der Waals surface area contributed by atoms with Crippen molar-refractivity contribution in [1.29, 1.82) is 0 Å². The summed E-state index contributed by atoms with van der Waals surface area (Å²) in [5.41, 5.74) is 5.29. The van der Waals surface area contributed by atoms with Crippen LogP contribution >= 0.6 is 12.2 Å². The molecule has 1 aromatic heterocycles. The smallest absolute Gasteiger partial charge is 0.216 e. The maximum absolute atomic E-state index is 9.22. The van der Waals surface area contributed by atoms with E-state index < -0.39 is 0 Å². The van der Waals surface area contributed by atoms with Crippen LogP contribution in [-0.2, 0) is 0 Å². The monoisotopic (exact) mass is 395 g/mol. The Hall–Kier alpha value is -2.77. The highest BCUT2D eigenvalue weighted by Crippen LogP contribution is 2.22. The summed E-state index contributed by atoms with van der Waals surface area (Å²) in [7, 11) is 0. The van der Waals surface area contributed by atoms with Gasteiger partial charge in [0, 0.05) is 24.3 Å². The largest absolute Gasteiger partial charge is 0.395 e. The molecule has 6 nitrogen and oxygen atoms in total. The lowest BCUT2D eigenvalue weighted by Crippen LogP contribution is -2.26. The maximum Gasteiger partial charge on any atom is 0.216 e. The van der Waals surface area contributed by atoms with Crippen molar-refractivity contribution in [1.82, 2.24) is 14.9 Å². The second-order valence-corrected chi connectivity index (χ2v) is 6.95. The van der Waals surface area contributed by atoms with E-state index in [1.807, 2.05) is 43.3 Å². The molecule has 0 bridgehead atoms. The molecule has 0 saturated carbocycles. The Morgan fingerprint density at radius 2 is 2.00 bits per heavy atom. The number of aliphatic hydroxyl groups is 1. The van der Waals surface area contributed by atoms with E-state index in [9.17, 15) is 5.11 Å². The fourth-order valence-corrected chi connectivity index (χ4v) is 3.29. The standard InChI is InChI=1S/C21H25N5OS/c1-4-25(11-12-27)18-10-9-17(16(3)13-18)14-22-26-20(23-24-21(26)28)19-8-6-5-7-15(19)2/h5-10,13-14,27H,4,11-12H2,1-3H3,(H,24,28)/b22-14+. The lowest BCUT2D eigenvalue weighted by molar-refractivity contribution is 0.302. The minimum absolute atomic E-state index is 0.135. The van der Waals surface area contributed by atoms with E-state index in [4.69, 9.17) is 12.2 Å². The lowest BCUT2D eigenvalue weighted by Gasteiger charge is -2.22. The number of H-pyrrole nitrogens is 1. The van der Waals surface area contributed by atoms with E-state index in [1.165, 1.54) is 0 Å². The molecule has 2 N–H and O–H groups in total. The summed E-state index contributed by atoms with van der Waals surface area (Å²) in [6, 6.07) is 14.2. The van der Waals surface area contributed by atoms with Crippen LogP contribution in [0.5, 0.6) is 0 Å². The molecule has 3 aromatic rings. The van der Waals surface area contributed by atoms with E-state index in [0.717, 1.165) is 34.5 Å². The van der Waals surface area contributed by atoms with Gasteiger partial charge in [0.2, 0.25) is 4.77 Å². The zero-order chi connectivity index (χ0) is 20.1. The first kappa shape index (κ1) is 20.0. The fraction of sp³-hybridized carbons (Fsp3) is 0.286. The molecule has 2 aromatic carbocycles. The SMILES string of the molecule is CCN(CCO)c1ccc(/C=N/n2c(-c3ccccc3C)n[nH]c2=S)c(C)c1. The molecule has 0 aliphatic rings. The molecule has 146 valence electrons. The van der Waals surface area contributed by atoms with Crippen molar-refractivity contribution >= 4 is 24.1 Å². The summed E-state index contributed by atoms with van der Waals surface area (Å²) >= 11 is 5.36. The van der Waals surface area contributed by atoms with Gasteiger partial charge in [-0.1, -0.05) is 30.3 Å². The highest BCUT2D eigenvalue weighted by atomic mass is 32.1. The first-order valence-corrected chi connectivity index (χ1v) is 9.70. The zero-order valence-corrected chi connectivity index (χ0v) is 17.2. The van der Waals surface area contributed by atoms with Gasteiger partial charge in [0.05, 0.1) is 12.8 Å². The van der Waals surface area contributed by atoms with Crippen LogP contribution in [0, 0.1) is 18.6 Å². The second kappa shape index (κ2) is 8.95. The van der Waals surface area contributed by atoms with Crippen LogP contribution in [0.2, 0.25) is 0 Å². The fourth-order valence-electron chi connectivity index (χ4n) is 3.11. The number of hydrogen-bond acceptors (Lipinski definition) is 5. The van der Waals surface area contributed by atoms with Crippen molar-refractivity contribution in [3.8, 4) is 11.4 Å². The minimum atomic E-state index is 0.135. The molecule has 0 unspecified atom stereocenters. The molecule has 1 heterocycles. The molecular formula is C21H25N5OS. The highest BCUT2D eigenvalue weighted by molar-refractivity contribution is 7.71. The van der Waals surface area contributed by atoms with Crippen LogP contribution in [-0.4, -0.2) is 45.9 Å². The normalized spacial score (nSPS) is 11.3. The van der Waals surface area contributed by atoms with Gasteiger partial charge in [-0.05, 0) is 61.8 Å². The molecule has 3 rings (SSSR count). The van der Waals surface area contributed by atoms with E-state index in [0.29, 0.717) is 17.1 Å². The van der Waals surface area contributed by atoms with Crippen molar-refractivity contribution < 1.29 is 5.11 Å². The Morgan fingerprint density at radius 1 is 1.21 bits per heavy atom. The van der Waals surface area contributed by atoms with Crippen molar-refractivity contribution in [2.24, 2.45) is 5.10 Å². The van der Waals surface area contributed by atoms with Gasteiger partial charge in [0.25, 0.3) is 0 Å². The maximum atomic E-state index is 9.22. The van der Waals surface area contributed by atoms with Gasteiger partial charge in [0.15, 0.2) is 5.82 Å². The number of likely N-dealkylation sites (N-methyl/N-ethyl adjacent to an activating group) is 1. The summed E-state index contributed by atoms with van der Waals surface area (Å²) in [5, 5.41) is 21.0. The summed E-state index contributed by atoms with van der Waals surface area (Å²) in [6.45, 7) is 7.76. The summed E-state index contributed by atoms with van der Waals surface area (Å²) in [5.74, 6) is 0.689. The van der Waals surface area contributed by atoms with Crippen molar-refractivity contribution in [3.63, 3.8) is 0 Å². The van der Waals surface area contributed by atoms with Crippen molar-refractivity contribution in [3.05, 3.63) is 63.9 Å². The number of benzene rings is 2. The summed E-state index contributed by atoms with van der Waals surface area (Å²) in [4.78, 5) is 2.14. The topological polar surface area (TPSA) is 69.4 Å². The zero-order valence-electron chi connectivity index (χ0n) is 16.4. The number of aryl methyl sites for hydroxylation is 2. The molecule has 0 fully saturated rings. The van der Waals surface area contributed by atoms with Gasteiger partial charge in [0.1, 0.15) is 0 Å². The van der Waals surface area contributed by atoms with Gasteiger partial charge in [-0.2, -0.15) is 14.9 Å². The predicted molar refractivity (Wildman–Crippen MR) is 117 cm³/mol. The Kier molecular flexibility index (Phi) is 6.38. The van der Waals surface area contributed by atoms with Gasteiger partial charge >= 0.3 is 0 Å². The minimum Gasteiger partial charge on any atom is -0.395 e. The predicted octanol–water partition coefficient (Wildman–Crippen LogP) is 3.93. The third-order valence-corrected chi connectivity index (χ3v) is 4.98. The molecule has 0 spiro atoms. The number of nitrogens with zero attached hydrogens (tertiary/aromatic N) is 4. The van der Waals surface area contributed by atoms with Crippen molar-refractivity contribution in [2.45, 2.75) is 20.8 Å². The Balaban J connectivity index is 1.92. The number of hydrogen-bond donors (Lipinski definition) is 2. The second-order valence-electron chi connectivity index (χ2n) is 6.57. The first-order chi connectivity index (χ1) is 13.5. The molecule has 0 amide bonds. The number of anilines is 1. The number of aromatic amines is 1. The van der Waals surface area contributed by atoms with Crippen molar-refractivity contribution in [2.75, 3.05) is 24.6 Å². The van der Waals surface area contributed by atoms with Crippen LogP contribution in [0.25, 0.3) is 11.4 Å². The van der Waals surface area contributed by atoms with Crippen LogP contribution in [0.15, 0.2) is 47.6 Å². The molecule has 0 saturated heterocycles. The number of aromatic nitrogens is 3. The van der Waals surface area contributed by atoms with E-state index >= 15 is 0 Å². The molecule has 0 aliphatic heterocycles. The van der Waals surface area contributed by atoms with Gasteiger partial charge in [-0.3, -0.25) is 0 Å². The molecule has 0 atom stereocenters. The number of aliphatic hydroxyl groups excluding tert-OH is 1. The molecule has 7 heteroatoms. The summed E-state index contributed by atoms with van der Waals surface area (Å²) < 4.78 is 2.10. The summed E-state index contributed by atoms with van der Waals surface area (Å²) in [6.07, 6.45) is 1.80. The molecule has 0 aliphatic carbocycles. The van der Waals surface area contributed by atoms with Gasteiger partial charge in [-0.15, -0.1) is 0 Å². The van der Waals surface area contributed by atoms with E-state index in [1.54, 1.807) is 10.9 Å². The highest BCUT2D eigenvalue weighted by Gasteiger charge is 2.10. The first-order valence-electron chi connectivity index (χ1n) is 9.29. The third-order valence-electron chi connectivity index (χ3n) is 4.72. The Morgan fingerprint density at radius 3 is 2.68 bits per heavy atom. The average molecular weight is 396 g/mol. The average Bonchev–Trinajstić information content (AvgIpc) is 3.06. The molecule has 28 heavy (non-hydrogen) atoms. The van der Waals surface area contributed by atoms with Crippen LogP contribution in [0.1, 0.15) is 23.6 Å². The van der Waals surface area contributed by atoms with Gasteiger partial charge < -0.3 is 10.0 Å². The number of rotatable bonds is 7. The lowest BCUT2D eigenvalue weighted by atomic mass is 10.1. The van der Waals surface area contributed by atoms with Gasteiger partial charge in [-0.25, -0.2) is 5.10 Å². The van der Waals surface area contributed by atoms with Crippen LogP contribution < -0.4 is 4.90 Å². The number of nitrogens with one attached hydrogen (secondary N) is 1. The van der Waals surface area contributed by atoms with E-state index in [2.05, 4.69) is 40.1 Å². The molecule has 0 radical (unpaired) electrons. The van der Waals surface area contributed by atoms with Crippen LogP contribution in [0.4, 0.5) is 5.69 Å². The quantitative estimate of drug-likeness (QED) is 0.470. The molecular weight excluding hydrogens is 370 g/mol.